The summed E-state index contributed by atoms with van der Waals surface area (Å²) in [5, 5.41) is 13.6. The number of rotatable bonds is 7. The van der Waals surface area contributed by atoms with E-state index in [0.29, 0.717) is 17.1 Å². The monoisotopic (exact) mass is 525 g/mol. The van der Waals surface area contributed by atoms with E-state index in [2.05, 4.69) is 5.32 Å². The van der Waals surface area contributed by atoms with Gasteiger partial charge in [0.2, 0.25) is 0 Å². The first kappa shape index (κ1) is 24.7. The van der Waals surface area contributed by atoms with Gasteiger partial charge in [0.25, 0.3) is 23.4 Å². The molecule has 1 N–H and O–H groups in total. The Morgan fingerprint density at radius 2 is 1.45 bits per heavy atom. The Labute approximate surface area is 221 Å². The normalized spacial score (nSPS) is 12.3. The van der Waals surface area contributed by atoms with Gasteiger partial charge in [0.1, 0.15) is 5.75 Å². The van der Waals surface area contributed by atoms with Crippen LogP contribution in [-0.2, 0) is 0 Å². The van der Waals surface area contributed by atoms with Crippen LogP contribution < -0.4 is 15.0 Å². The van der Waals surface area contributed by atoms with Crippen LogP contribution in [0.15, 0.2) is 101 Å². The van der Waals surface area contributed by atoms with Gasteiger partial charge in [-0.15, -0.1) is 0 Å². The molecule has 4 aromatic rings. The first-order valence-corrected chi connectivity index (χ1v) is 12.2. The van der Waals surface area contributed by atoms with Crippen LogP contribution in [0.4, 0.5) is 17.1 Å². The van der Waals surface area contributed by atoms with E-state index >= 15 is 0 Å². The number of nitro benzene ring substituents is 1. The van der Waals surface area contributed by atoms with E-state index in [4.69, 9.17) is 4.74 Å². The number of nitrogens with one attached hydrogen (secondary N) is 1. The molecule has 5 rings (SSSR count). The number of amides is 3. The molecule has 0 radical (unpaired) electrons. The van der Waals surface area contributed by atoms with Crippen molar-refractivity contribution in [2.75, 3.05) is 17.3 Å². The summed E-state index contributed by atoms with van der Waals surface area (Å²) in [7, 11) is 1.55. The second-order valence-electron chi connectivity index (χ2n) is 8.24. The number of nitrogens with zero attached hydrogens (tertiary/aromatic N) is 2. The fourth-order valence-electron chi connectivity index (χ4n) is 3.93. The van der Waals surface area contributed by atoms with Crippen molar-refractivity contribution < 1.29 is 24.0 Å². The van der Waals surface area contributed by atoms with Crippen LogP contribution in [0.1, 0.15) is 31.1 Å². The molecule has 0 saturated carbocycles. The van der Waals surface area contributed by atoms with Crippen molar-refractivity contribution in [3.8, 4) is 5.75 Å². The summed E-state index contributed by atoms with van der Waals surface area (Å²) in [5.41, 5.74) is 1.59. The number of hydrogen-bond acceptors (Lipinski definition) is 7. The van der Waals surface area contributed by atoms with Gasteiger partial charge in [-0.2, -0.15) is 0 Å². The van der Waals surface area contributed by atoms with Gasteiger partial charge in [-0.05, 0) is 78.9 Å². The number of benzene rings is 4. The van der Waals surface area contributed by atoms with Gasteiger partial charge in [0.15, 0.2) is 0 Å². The molecule has 1 heterocycles. The number of carbonyl (C=O) groups excluding carboxylic acids is 3. The van der Waals surface area contributed by atoms with E-state index in [9.17, 15) is 24.5 Å². The van der Waals surface area contributed by atoms with Crippen LogP contribution in [-0.4, -0.2) is 29.8 Å². The van der Waals surface area contributed by atoms with Gasteiger partial charge >= 0.3 is 0 Å². The number of nitro groups is 1. The molecule has 4 aromatic carbocycles. The molecular weight excluding hydrogens is 506 g/mol. The van der Waals surface area contributed by atoms with Crippen LogP contribution in [0.25, 0.3) is 0 Å². The third kappa shape index (κ3) is 4.84. The van der Waals surface area contributed by atoms with Crippen molar-refractivity contribution in [2.45, 2.75) is 9.79 Å². The van der Waals surface area contributed by atoms with Crippen molar-refractivity contribution in [1.82, 2.24) is 0 Å². The maximum Gasteiger partial charge on any atom is 0.269 e. The minimum absolute atomic E-state index is 0.0108. The second-order valence-corrected chi connectivity index (χ2v) is 9.38. The number of ether oxygens (including phenoxy) is 1. The third-order valence-corrected chi connectivity index (χ3v) is 6.89. The van der Waals surface area contributed by atoms with E-state index in [-0.39, 0.29) is 22.4 Å². The number of fused-ring (bicyclic) bond motifs is 1. The molecule has 1 aliphatic heterocycles. The summed E-state index contributed by atoms with van der Waals surface area (Å²) in [6.07, 6.45) is 0. The SMILES string of the molecule is COc1ccc(NC(=O)c2ccc3c(c2)C(=O)N(c2ccc(Sc4ccc([N+](=O)[O-])cc4)cc2)C3=O)cc1. The van der Waals surface area contributed by atoms with Gasteiger partial charge < -0.3 is 10.1 Å². The molecule has 3 amide bonds. The molecule has 10 heteroatoms. The molecular formula is C28H19N3O6S. The van der Waals surface area contributed by atoms with E-state index in [0.717, 1.165) is 14.7 Å². The number of methoxy groups -OCH3 is 1. The minimum atomic E-state index is -0.514. The maximum atomic E-state index is 13.2. The zero-order valence-electron chi connectivity index (χ0n) is 19.9. The summed E-state index contributed by atoms with van der Waals surface area (Å²) in [6.45, 7) is 0. The number of imide groups is 1. The largest absolute Gasteiger partial charge is 0.497 e. The predicted molar refractivity (Wildman–Crippen MR) is 142 cm³/mol. The van der Waals surface area contributed by atoms with E-state index < -0.39 is 22.6 Å². The lowest BCUT2D eigenvalue weighted by Crippen LogP contribution is -2.29. The lowest BCUT2D eigenvalue weighted by Gasteiger charge is -2.14. The highest BCUT2D eigenvalue weighted by molar-refractivity contribution is 7.99. The first-order valence-electron chi connectivity index (χ1n) is 11.3. The van der Waals surface area contributed by atoms with E-state index in [1.165, 1.54) is 42.1 Å². The van der Waals surface area contributed by atoms with Crippen LogP contribution in [0.5, 0.6) is 5.75 Å². The summed E-state index contributed by atoms with van der Waals surface area (Å²) in [6, 6.07) is 24.3. The zero-order valence-corrected chi connectivity index (χ0v) is 20.7. The lowest BCUT2D eigenvalue weighted by atomic mass is 10.1. The summed E-state index contributed by atoms with van der Waals surface area (Å²) in [5.74, 6) is -0.741. The van der Waals surface area contributed by atoms with Crippen LogP contribution in [0, 0.1) is 10.1 Å². The zero-order chi connectivity index (χ0) is 26.8. The average Bonchev–Trinajstić information content (AvgIpc) is 3.19. The summed E-state index contributed by atoms with van der Waals surface area (Å²) >= 11 is 1.39. The Balaban J connectivity index is 1.31. The van der Waals surface area contributed by atoms with Crippen molar-refractivity contribution in [3.05, 3.63) is 118 Å². The van der Waals surface area contributed by atoms with Crippen molar-refractivity contribution in [3.63, 3.8) is 0 Å². The molecule has 0 unspecified atom stereocenters. The number of non-ortho nitro benzene ring substituents is 1. The first-order chi connectivity index (χ1) is 18.3. The van der Waals surface area contributed by atoms with Crippen molar-refractivity contribution in [1.29, 1.82) is 0 Å². The number of anilines is 2. The molecule has 0 aromatic heterocycles. The highest BCUT2D eigenvalue weighted by Crippen LogP contribution is 2.33. The Bertz CT molecular complexity index is 1570. The standard InChI is InChI=1S/C28H19N3O6S/c1-37-21-9-3-18(4-10-21)29-26(32)17-2-15-24-25(16-17)28(34)30(27(24)33)19-5-11-22(12-6-19)38-23-13-7-20(8-14-23)31(35)36/h2-16H,1H3,(H,29,32). The second kappa shape index (κ2) is 10.2. The quantitative estimate of drug-likeness (QED) is 0.184. The molecule has 0 aliphatic carbocycles. The lowest BCUT2D eigenvalue weighted by molar-refractivity contribution is -0.384. The summed E-state index contributed by atoms with van der Waals surface area (Å²) in [4.78, 5) is 52.1. The molecule has 0 bridgehead atoms. The molecule has 188 valence electrons. The molecule has 0 spiro atoms. The van der Waals surface area contributed by atoms with Gasteiger partial charge in [0.05, 0.1) is 28.8 Å². The fourth-order valence-corrected chi connectivity index (χ4v) is 4.75. The molecule has 0 saturated heterocycles. The smallest absolute Gasteiger partial charge is 0.269 e. The van der Waals surface area contributed by atoms with Gasteiger partial charge in [-0.25, -0.2) is 4.90 Å². The van der Waals surface area contributed by atoms with Crippen LogP contribution >= 0.6 is 11.8 Å². The summed E-state index contributed by atoms with van der Waals surface area (Å²) < 4.78 is 5.11. The third-order valence-electron chi connectivity index (χ3n) is 5.87. The minimum Gasteiger partial charge on any atom is -0.497 e. The molecule has 0 atom stereocenters. The Kier molecular flexibility index (Phi) is 6.63. The predicted octanol–water partition coefficient (Wildman–Crippen LogP) is 5.81. The van der Waals surface area contributed by atoms with Crippen molar-refractivity contribution >= 4 is 46.5 Å². The highest BCUT2D eigenvalue weighted by atomic mass is 32.2. The molecule has 38 heavy (non-hydrogen) atoms. The maximum absolute atomic E-state index is 13.2. The Hall–Kier alpha value is -4.96. The van der Waals surface area contributed by atoms with Gasteiger partial charge in [0, 0.05) is 33.2 Å². The Morgan fingerprint density at radius 3 is 2.05 bits per heavy atom. The molecule has 9 nitrogen and oxygen atoms in total. The van der Waals surface area contributed by atoms with Gasteiger partial charge in [-0.1, -0.05) is 11.8 Å². The van der Waals surface area contributed by atoms with E-state index in [1.807, 2.05) is 0 Å². The van der Waals surface area contributed by atoms with Gasteiger partial charge in [-0.3, -0.25) is 24.5 Å². The number of carbonyl (C=O) groups is 3. The highest BCUT2D eigenvalue weighted by Gasteiger charge is 2.37. The average molecular weight is 526 g/mol. The Morgan fingerprint density at radius 1 is 0.842 bits per heavy atom. The number of hydrogen-bond donors (Lipinski definition) is 1. The fraction of sp³-hybridized carbons (Fsp3) is 0.0357. The molecule has 1 aliphatic rings. The van der Waals surface area contributed by atoms with Crippen LogP contribution in [0.3, 0.4) is 0 Å². The van der Waals surface area contributed by atoms with Crippen LogP contribution in [0.2, 0.25) is 0 Å². The van der Waals surface area contributed by atoms with Crippen molar-refractivity contribution in [2.24, 2.45) is 0 Å². The van der Waals surface area contributed by atoms with E-state index in [1.54, 1.807) is 67.8 Å². The molecule has 0 fully saturated rings. The topological polar surface area (TPSA) is 119 Å².